The number of ether oxygens (including phenoxy) is 1. The first-order chi connectivity index (χ1) is 14.9. The van der Waals surface area contributed by atoms with E-state index in [0.29, 0.717) is 25.0 Å². The van der Waals surface area contributed by atoms with E-state index in [1.54, 1.807) is 17.7 Å². The van der Waals surface area contributed by atoms with E-state index in [9.17, 15) is 8.42 Å². The third-order valence-electron chi connectivity index (χ3n) is 7.40. The van der Waals surface area contributed by atoms with Crippen LogP contribution in [-0.4, -0.2) is 72.8 Å². The maximum absolute atomic E-state index is 13.0. The van der Waals surface area contributed by atoms with E-state index < -0.39 is 10.0 Å². The van der Waals surface area contributed by atoms with Crippen molar-refractivity contribution in [2.45, 2.75) is 57.6 Å². The van der Waals surface area contributed by atoms with Gasteiger partial charge < -0.3 is 14.6 Å². The summed E-state index contributed by atoms with van der Waals surface area (Å²) in [6, 6.07) is 2.38. The minimum absolute atomic E-state index is 0.194. The number of nitrogens with one attached hydrogen (secondary N) is 1. The van der Waals surface area contributed by atoms with Crippen molar-refractivity contribution in [1.82, 2.24) is 19.3 Å². The molecular weight excluding hydrogens is 414 g/mol. The largest absolute Gasteiger partial charge is 0.381 e. The first-order valence-corrected chi connectivity index (χ1v) is 13.0. The van der Waals surface area contributed by atoms with Gasteiger partial charge in [0.25, 0.3) is 0 Å². The first kappa shape index (κ1) is 22.5. The van der Waals surface area contributed by atoms with Crippen LogP contribution < -0.4 is 4.90 Å². The van der Waals surface area contributed by atoms with Gasteiger partial charge in [0.15, 0.2) is 0 Å². The number of sulfonamides is 1. The SMILES string of the molecule is COC(C)C1CCN(S(=O)(=O)C[C@H]2CC[C@H](N(C)c3ncnc4[nH]ccc34)CC2)CC1. The van der Waals surface area contributed by atoms with Crippen LogP contribution in [0.15, 0.2) is 18.6 Å². The lowest BCUT2D eigenvalue weighted by molar-refractivity contribution is 0.0451. The summed E-state index contributed by atoms with van der Waals surface area (Å²) in [7, 11) is 0.619. The van der Waals surface area contributed by atoms with Gasteiger partial charge in [-0.3, -0.25) is 0 Å². The molecule has 31 heavy (non-hydrogen) atoms. The lowest BCUT2D eigenvalue weighted by Gasteiger charge is -2.37. The molecule has 2 aromatic heterocycles. The van der Waals surface area contributed by atoms with E-state index in [1.165, 1.54) is 0 Å². The fourth-order valence-electron chi connectivity index (χ4n) is 5.23. The molecule has 4 rings (SSSR count). The van der Waals surface area contributed by atoms with Gasteiger partial charge in [-0.25, -0.2) is 22.7 Å². The summed E-state index contributed by atoms with van der Waals surface area (Å²) in [5, 5.41) is 1.03. The second-order valence-electron chi connectivity index (χ2n) is 9.18. The number of aromatic amines is 1. The molecule has 1 N–H and O–H groups in total. The Labute approximate surface area is 185 Å². The number of hydrogen-bond acceptors (Lipinski definition) is 6. The van der Waals surface area contributed by atoms with Gasteiger partial charge in [-0.05, 0) is 63.4 Å². The van der Waals surface area contributed by atoms with Crippen molar-refractivity contribution in [1.29, 1.82) is 0 Å². The standard InChI is InChI=1S/C22H35N5O3S/c1-16(30-3)18-9-12-27(13-10-18)31(28,29)14-17-4-6-19(7-5-17)26(2)22-20-8-11-23-21(20)24-15-25-22/h8,11,15-19H,4-7,9-10,12-14H2,1-3H3,(H,23,24,25)/t16?,17-,19-. The van der Waals surface area contributed by atoms with Crippen LogP contribution in [0.1, 0.15) is 45.4 Å². The number of anilines is 1. The number of methoxy groups -OCH3 is 1. The van der Waals surface area contributed by atoms with Gasteiger partial charge in [-0.2, -0.15) is 0 Å². The van der Waals surface area contributed by atoms with Crippen molar-refractivity contribution >= 4 is 26.9 Å². The Bertz CT molecular complexity index is 962. The Morgan fingerprint density at radius 1 is 1.19 bits per heavy atom. The van der Waals surface area contributed by atoms with Gasteiger partial charge in [0.05, 0.1) is 17.2 Å². The maximum atomic E-state index is 13.0. The second-order valence-corrected chi connectivity index (χ2v) is 11.2. The molecule has 1 aliphatic heterocycles. The highest BCUT2D eigenvalue weighted by atomic mass is 32.2. The van der Waals surface area contributed by atoms with Gasteiger partial charge in [0, 0.05) is 39.5 Å². The van der Waals surface area contributed by atoms with Crippen molar-refractivity contribution in [3.05, 3.63) is 18.6 Å². The van der Waals surface area contributed by atoms with Crippen LogP contribution in [0.3, 0.4) is 0 Å². The highest BCUT2D eigenvalue weighted by molar-refractivity contribution is 7.89. The van der Waals surface area contributed by atoms with Gasteiger partial charge in [0.1, 0.15) is 17.8 Å². The summed E-state index contributed by atoms with van der Waals surface area (Å²) >= 11 is 0. The van der Waals surface area contributed by atoms with Crippen LogP contribution in [-0.2, 0) is 14.8 Å². The third-order valence-corrected chi connectivity index (χ3v) is 9.45. The Kier molecular flexibility index (Phi) is 6.83. The molecule has 0 amide bonds. The second kappa shape index (κ2) is 9.42. The average molecular weight is 450 g/mol. The van der Waals surface area contributed by atoms with E-state index in [-0.39, 0.29) is 17.8 Å². The maximum Gasteiger partial charge on any atom is 0.214 e. The van der Waals surface area contributed by atoms with Crippen LogP contribution >= 0.6 is 0 Å². The number of aromatic nitrogens is 3. The zero-order chi connectivity index (χ0) is 22.0. The minimum Gasteiger partial charge on any atom is -0.381 e. The Morgan fingerprint density at radius 2 is 1.90 bits per heavy atom. The molecule has 2 fully saturated rings. The van der Waals surface area contributed by atoms with E-state index in [4.69, 9.17) is 4.74 Å². The lowest BCUT2D eigenvalue weighted by Crippen LogP contribution is -2.44. The molecule has 3 heterocycles. The van der Waals surface area contributed by atoms with Crippen LogP contribution in [0.25, 0.3) is 11.0 Å². The van der Waals surface area contributed by atoms with E-state index in [1.807, 2.05) is 12.3 Å². The van der Waals surface area contributed by atoms with Gasteiger partial charge in [-0.1, -0.05) is 0 Å². The molecule has 1 aliphatic carbocycles. The zero-order valence-corrected chi connectivity index (χ0v) is 19.6. The zero-order valence-electron chi connectivity index (χ0n) is 18.8. The summed E-state index contributed by atoms with van der Waals surface area (Å²) in [5.41, 5.74) is 0.847. The van der Waals surface area contributed by atoms with Crippen LogP contribution in [0.2, 0.25) is 0 Å². The Morgan fingerprint density at radius 3 is 2.58 bits per heavy atom. The minimum atomic E-state index is -3.20. The summed E-state index contributed by atoms with van der Waals surface area (Å²) in [6.07, 6.45) is 9.30. The molecular formula is C22H35N5O3S. The van der Waals surface area contributed by atoms with Gasteiger partial charge in [-0.15, -0.1) is 0 Å². The normalized spacial score (nSPS) is 25.0. The topological polar surface area (TPSA) is 91.4 Å². The number of rotatable bonds is 7. The van der Waals surface area contributed by atoms with Crippen molar-refractivity contribution in [3.63, 3.8) is 0 Å². The molecule has 1 saturated carbocycles. The number of H-pyrrole nitrogens is 1. The molecule has 1 saturated heterocycles. The van der Waals surface area contributed by atoms with E-state index in [0.717, 1.165) is 55.4 Å². The fourth-order valence-corrected chi connectivity index (χ4v) is 7.14. The first-order valence-electron chi connectivity index (χ1n) is 11.4. The molecule has 0 radical (unpaired) electrons. The molecule has 172 valence electrons. The molecule has 2 aromatic rings. The predicted molar refractivity (Wildman–Crippen MR) is 123 cm³/mol. The monoisotopic (exact) mass is 449 g/mol. The molecule has 2 aliphatic rings. The average Bonchev–Trinajstić information content (AvgIpc) is 3.27. The molecule has 0 bridgehead atoms. The highest BCUT2D eigenvalue weighted by Crippen LogP contribution is 2.33. The van der Waals surface area contributed by atoms with E-state index in [2.05, 4.69) is 33.8 Å². The smallest absolute Gasteiger partial charge is 0.214 e. The summed E-state index contributed by atoms with van der Waals surface area (Å²) in [5.74, 6) is 1.91. The summed E-state index contributed by atoms with van der Waals surface area (Å²) in [6.45, 7) is 3.32. The van der Waals surface area contributed by atoms with Gasteiger partial charge in [0.2, 0.25) is 10.0 Å². The molecule has 1 unspecified atom stereocenters. The lowest BCUT2D eigenvalue weighted by atomic mass is 9.86. The number of fused-ring (bicyclic) bond motifs is 1. The molecule has 9 heteroatoms. The van der Waals surface area contributed by atoms with Crippen LogP contribution in [0.4, 0.5) is 5.82 Å². The summed E-state index contributed by atoms with van der Waals surface area (Å²) < 4.78 is 33.2. The van der Waals surface area contributed by atoms with Crippen LogP contribution in [0, 0.1) is 11.8 Å². The molecule has 0 spiro atoms. The van der Waals surface area contributed by atoms with Crippen molar-refractivity contribution in [2.75, 3.05) is 37.9 Å². The Hall–Kier alpha value is -1.71. The summed E-state index contributed by atoms with van der Waals surface area (Å²) in [4.78, 5) is 14.2. The quantitative estimate of drug-likeness (QED) is 0.699. The van der Waals surface area contributed by atoms with Crippen molar-refractivity contribution in [2.24, 2.45) is 11.8 Å². The van der Waals surface area contributed by atoms with E-state index >= 15 is 0 Å². The fraction of sp³-hybridized carbons (Fsp3) is 0.727. The van der Waals surface area contributed by atoms with Crippen LogP contribution in [0.5, 0.6) is 0 Å². The number of hydrogen-bond donors (Lipinski definition) is 1. The number of nitrogens with zero attached hydrogens (tertiary/aromatic N) is 4. The molecule has 1 atom stereocenters. The van der Waals surface area contributed by atoms with Gasteiger partial charge >= 0.3 is 0 Å². The number of piperidine rings is 1. The molecule has 8 nitrogen and oxygen atoms in total. The van der Waals surface area contributed by atoms with Crippen molar-refractivity contribution < 1.29 is 13.2 Å². The predicted octanol–water partition coefficient (Wildman–Crippen LogP) is 3.03. The Balaban J connectivity index is 1.30. The third kappa shape index (κ3) is 4.88. The van der Waals surface area contributed by atoms with Crippen molar-refractivity contribution in [3.8, 4) is 0 Å². The molecule has 0 aromatic carbocycles. The highest BCUT2D eigenvalue weighted by Gasteiger charge is 2.34.